The van der Waals surface area contributed by atoms with E-state index in [-0.39, 0.29) is 4.90 Å². The van der Waals surface area contributed by atoms with E-state index >= 15 is 0 Å². The number of fused-ring (bicyclic) bond motifs is 1. The molecule has 0 spiro atoms. The molecule has 0 amide bonds. The zero-order valence-corrected chi connectivity index (χ0v) is 18.5. The van der Waals surface area contributed by atoms with E-state index in [0.717, 1.165) is 16.9 Å². The maximum absolute atomic E-state index is 12.7. The summed E-state index contributed by atoms with van der Waals surface area (Å²) < 4.78 is 29.8. The summed E-state index contributed by atoms with van der Waals surface area (Å²) >= 11 is 0. The van der Waals surface area contributed by atoms with E-state index in [1.807, 2.05) is 54.4 Å². The van der Waals surface area contributed by atoms with Gasteiger partial charge in [-0.2, -0.15) is 5.10 Å². The molecule has 0 fully saturated rings. The number of aryl methyl sites for hydroxylation is 1. The van der Waals surface area contributed by atoms with Gasteiger partial charge in [0, 0.05) is 36.0 Å². The number of aromatic nitrogens is 4. The topological polar surface area (TPSA) is 92.5 Å². The number of pyridine rings is 1. The number of nitrogens with one attached hydrogen (secondary N) is 1. The van der Waals surface area contributed by atoms with Crippen LogP contribution in [-0.2, 0) is 10.0 Å². The van der Waals surface area contributed by atoms with Crippen LogP contribution < -0.4 is 9.62 Å². The van der Waals surface area contributed by atoms with E-state index in [1.165, 1.54) is 0 Å². The first kappa shape index (κ1) is 20.7. The third kappa shape index (κ3) is 4.26. The third-order valence-corrected chi connectivity index (χ3v) is 6.50. The maximum Gasteiger partial charge on any atom is 0.261 e. The molecule has 3 aromatic heterocycles. The Bertz CT molecular complexity index is 1500. The van der Waals surface area contributed by atoms with Crippen molar-refractivity contribution < 1.29 is 8.42 Å². The minimum atomic E-state index is -3.68. The second-order valence-electron chi connectivity index (χ2n) is 7.43. The highest BCUT2D eigenvalue weighted by Crippen LogP contribution is 2.33. The monoisotopic (exact) mass is 456 g/mol. The summed E-state index contributed by atoms with van der Waals surface area (Å²) in [5.41, 5.74) is 3.87. The largest absolute Gasteiger partial charge is 0.295 e. The van der Waals surface area contributed by atoms with Crippen LogP contribution in [0.25, 0.3) is 5.65 Å². The van der Waals surface area contributed by atoms with Crippen LogP contribution in [0.5, 0.6) is 0 Å². The first-order chi connectivity index (χ1) is 16.0. The van der Waals surface area contributed by atoms with E-state index in [1.54, 1.807) is 59.5 Å². The van der Waals surface area contributed by atoms with Crippen LogP contribution in [0.2, 0.25) is 0 Å². The number of rotatable bonds is 6. The average molecular weight is 457 g/mol. The zero-order valence-electron chi connectivity index (χ0n) is 17.7. The molecule has 164 valence electrons. The summed E-state index contributed by atoms with van der Waals surface area (Å²) in [5, 5.41) is 4.20. The molecule has 1 N–H and O–H groups in total. The first-order valence-electron chi connectivity index (χ1n) is 10.2. The smallest absolute Gasteiger partial charge is 0.261 e. The van der Waals surface area contributed by atoms with Crippen LogP contribution in [0.4, 0.5) is 22.9 Å². The van der Waals surface area contributed by atoms with Gasteiger partial charge in [-0.1, -0.05) is 17.7 Å². The van der Waals surface area contributed by atoms with E-state index < -0.39 is 10.0 Å². The van der Waals surface area contributed by atoms with Crippen LogP contribution in [-0.4, -0.2) is 28.0 Å². The summed E-state index contributed by atoms with van der Waals surface area (Å²) in [6, 6.07) is 21.3. The molecule has 0 aliphatic carbocycles. The molecular weight excluding hydrogens is 436 g/mol. The number of sulfonamides is 1. The Balaban J connectivity index is 1.48. The lowest BCUT2D eigenvalue weighted by atomic mass is 10.2. The van der Waals surface area contributed by atoms with Gasteiger partial charge >= 0.3 is 0 Å². The van der Waals surface area contributed by atoms with E-state index in [4.69, 9.17) is 4.98 Å². The summed E-state index contributed by atoms with van der Waals surface area (Å²) in [6.07, 6.45) is 6.96. The van der Waals surface area contributed by atoms with Gasteiger partial charge in [0.25, 0.3) is 10.0 Å². The molecule has 0 aliphatic heterocycles. The molecule has 0 unspecified atom stereocenters. The van der Waals surface area contributed by atoms with Gasteiger partial charge in [-0.15, -0.1) is 0 Å². The predicted molar refractivity (Wildman–Crippen MR) is 127 cm³/mol. The van der Waals surface area contributed by atoms with Crippen molar-refractivity contribution in [3.8, 4) is 0 Å². The Morgan fingerprint density at radius 3 is 2.24 bits per heavy atom. The minimum Gasteiger partial charge on any atom is -0.295 e. The average Bonchev–Trinajstić information content (AvgIpc) is 3.29. The van der Waals surface area contributed by atoms with Crippen LogP contribution in [0, 0.1) is 6.92 Å². The van der Waals surface area contributed by atoms with Gasteiger partial charge < -0.3 is 0 Å². The molecule has 33 heavy (non-hydrogen) atoms. The van der Waals surface area contributed by atoms with Crippen molar-refractivity contribution in [3.63, 3.8) is 0 Å². The van der Waals surface area contributed by atoms with Gasteiger partial charge in [-0.3, -0.25) is 14.6 Å². The van der Waals surface area contributed by atoms with E-state index in [2.05, 4.69) is 14.8 Å². The molecule has 5 aromatic rings. The summed E-state index contributed by atoms with van der Waals surface area (Å²) in [5.74, 6) is 0.696. The van der Waals surface area contributed by atoms with Gasteiger partial charge in [-0.05, 0) is 61.5 Å². The Hall–Kier alpha value is -4.24. The number of anilines is 4. The fraction of sp³-hybridized carbons (Fsp3) is 0.0417. The van der Waals surface area contributed by atoms with Gasteiger partial charge in [0.1, 0.15) is 5.82 Å². The van der Waals surface area contributed by atoms with E-state index in [9.17, 15) is 8.42 Å². The van der Waals surface area contributed by atoms with Crippen molar-refractivity contribution in [2.24, 2.45) is 0 Å². The number of benzene rings is 2. The van der Waals surface area contributed by atoms with Gasteiger partial charge in [0.15, 0.2) is 5.65 Å². The van der Waals surface area contributed by atoms with Crippen LogP contribution in [0.1, 0.15) is 5.56 Å². The number of hydrogen-bond donors (Lipinski definition) is 1. The molecule has 9 heteroatoms. The lowest BCUT2D eigenvalue weighted by molar-refractivity contribution is 0.601. The molecule has 2 aromatic carbocycles. The Kier molecular flexibility index (Phi) is 5.23. The van der Waals surface area contributed by atoms with Gasteiger partial charge in [0.05, 0.1) is 16.8 Å². The van der Waals surface area contributed by atoms with Crippen molar-refractivity contribution in [1.82, 2.24) is 19.6 Å². The molecule has 5 rings (SSSR count). The fourth-order valence-corrected chi connectivity index (χ4v) is 4.50. The highest BCUT2D eigenvalue weighted by atomic mass is 32.2. The van der Waals surface area contributed by atoms with Crippen molar-refractivity contribution in [2.45, 2.75) is 11.8 Å². The highest BCUT2D eigenvalue weighted by molar-refractivity contribution is 7.92. The molecule has 3 heterocycles. The molecule has 0 saturated carbocycles. The van der Waals surface area contributed by atoms with Crippen LogP contribution in [0.3, 0.4) is 0 Å². The normalized spacial score (nSPS) is 11.4. The van der Waals surface area contributed by atoms with E-state index in [0.29, 0.717) is 17.2 Å². The van der Waals surface area contributed by atoms with Gasteiger partial charge in [-0.25, -0.2) is 17.9 Å². The lowest BCUT2D eigenvalue weighted by Gasteiger charge is -2.24. The molecule has 8 nitrogen and oxygen atoms in total. The van der Waals surface area contributed by atoms with Crippen molar-refractivity contribution >= 4 is 38.6 Å². The standard InChI is InChI=1S/C24H20N6O2S/c1-18-2-8-22(9-3-18)33(31,32)28-19-4-6-20(7-5-19)30(21-10-14-25-15-11-21)24-13-17-29-23(27-24)12-16-26-29/h2-17,28H,1H3. The predicted octanol–water partition coefficient (Wildman–Crippen LogP) is 4.70. The Morgan fingerprint density at radius 2 is 1.52 bits per heavy atom. The molecule has 0 saturated heterocycles. The molecule has 0 radical (unpaired) electrons. The SMILES string of the molecule is Cc1ccc(S(=O)(=O)Nc2ccc(N(c3ccncc3)c3ccn4nccc4n3)cc2)cc1. The Morgan fingerprint density at radius 1 is 0.818 bits per heavy atom. The number of hydrogen-bond acceptors (Lipinski definition) is 6. The summed E-state index contributed by atoms with van der Waals surface area (Å²) in [4.78, 5) is 11.0. The maximum atomic E-state index is 12.7. The Labute approximate surface area is 191 Å². The minimum absolute atomic E-state index is 0.217. The molecule has 0 atom stereocenters. The molecule has 0 aliphatic rings. The van der Waals surface area contributed by atoms with Gasteiger partial charge in [0.2, 0.25) is 0 Å². The summed E-state index contributed by atoms with van der Waals surface area (Å²) in [6.45, 7) is 1.91. The van der Waals surface area contributed by atoms with Crippen molar-refractivity contribution in [1.29, 1.82) is 0 Å². The lowest BCUT2D eigenvalue weighted by Crippen LogP contribution is -2.14. The molecular formula is C24H20N6O2S. The van der Waals surface area contributed by atoms with Crippen molar-refractivity contribution in [2.75, 3.05) is 9.62 Å². The second kappa shape index (κ2) is 8.36. The fourth-order valence-electron chi connectivity index (χ4n) is 3.44. The van der Waals surface area contributed by atoms with Crippen LogP contribution in [0.15, 0.2) is 102 Å². The second-order valence-corrected chi connectivity index (χ2v) is 9.11. The highest BCUT2D eigenvalue weighted by Gasteiger charge is 2.17. The first-order valence-corrected chi connectivity index (χ1v) is 11.7. The molecule has 0 bridgehead atoms. The number of nitrogens with zero attached hydrogens (tertiary/aromatic N) is 5. The van der Waals surface area contributed by atoms with Crippen LogP contribution >= 0.6 is 0 Å². The van der Waals surface area contributed by atoms with Crippen molar-refractivity contribution in [3.05, 3.63) is 103 Å². The third-order valence-electron chi connectivity index (χ3n) is 5.10. The zero-order chi connectivity index (χ0) is 22.8. The summed E-state index contributed by atoms with van der Waals surface area (Å²) in [7, 11) is -3.68. The quantitative estimate of drug-likeness (QED) is 0.398.